The van der Waals surface area contributed by atoms with Crippen molar-refractivity contribution in [1.82, 2.24) is 25.0 Å². The predicted octanol–water partition coefficient (Wildman–Crippen LogP) is 5.54. The summed E-state index contributed by atoms with van der Waals surface area (Å²) in [6.07, 6.45) is 0. The monoisotopic (exact) mass is 589 g/mol. The van der Waals surface area contributed by atoms with Crippen molar-refractivity contribution in [3.63, 3.8) is 0 Å². The number of hydrogen-bond acceptors (Lipinski definition) is 11. The second kappa shape index (κ2) is 13.9. The van der Waals surface area contributed by atoms with E-state index in [1.54, 1.807) is 40.6 Å². The third-order valence-corrected chi connectivity index (χ3v) is 7.30. The molecule has 0 radical (unpaired) electrons. The van der Waals surface area contributed by atoms with Crippen molar-refractivity contribution in [3.8, 4) is 45.6 Å². The molecular formula is C30H31N5O6S. The average molecular weight is 590 g/mol. The van der Waals surface area contributed by atoms with E-state index in [1.807, 2.05) is 47.0 Å². The van der Waals surface area contributed by atoms with Gasteiger partial charge in [-0.25, -0.2) is 0 Å². The number of para-hydroxylation sites is 1. The molecular weight excluding hydrogens is 558 g/mol. The average Bonchev–Trinajstić information content (AvgIpc) is 3.68. The van der Waals surface area contributed by atoms with Crippen molar-refractivity contribution >= 4 is 11.8 Å². The van der Waals surface area contributed by atoms with Gasteiger partial charge in [-0.15, -0.1) is 20.4 Å². The van der Waals surface area contributed by atoms with E-state index in [0.29, 0.717) is 64.5 Å². The SMILES string of the molecule is COCCn1c(COc2ccccc2-c2ccccc2)nnc1SCc1nnc(-c2cc(OC)c(OC)c(OC)c2)o1. The van der Waals surface area contributed by atoms with Gasteiger partial charge in [0.2, 0.25) is 17.5 Å². The highest BCUT2D eigenvalue weighted by atomic mass is 32.2. The van der Waals surface area contributed by atoms with Crippen molar-refractivity contribution in [1.29, 1.82) is 0 Å². The molecule has 0 fully saturated rings. The van der Waals surface area contributed by atoms with Crippen LogP contribution in [-0.2, 0) is 23.6 Å². The van der Waals surface area contributed by atoms with Crippen LogP contribution < -0.4 is 18.9 Å². The van der Waals surface area contributed by atoms with Crippen LogP contribution in [0.2, 0.25) is 0 Å². The summed E-state index contributed by atoms with van der Waals surface area (Å²) in [5.41, 5.74) is 2.73. The molecule has 42 heavy (non-hydrogen) atoms. The Labute approximate surface area is 247 Å². The molecule has 12 heteroatoms. The van der Waals surface area contributed by atoms with Crippen molar-refractivity contribution < 1.29 is 28.1 Å². The lowest BCUT2D eigenvalue weighted by Crippen LogP contribution is -2.12. The lowest BCUT2D eigenvalue weighted by Gasteiger charge is -2.13. The smallest absolute Gasteiger partial charge is 0.248 e. The van der Waals surface area contributed by atoms with Gasteiger partial charge in [-0.1, -0.05) is 60.3 Å². The van der Waals surface area contributed by atoms with Crippen molar-refractivity contribution in [3.05, 3.63) is 78.4 Å². The third kappa shape index (κ3) is 6.50. The van der Waals surface area contributed by atoms with Gasteiger partial charge in [0.05, 0.1) is 33.7 Å². The van der Waals surface area contributed by atoms with E-state index in [9.17, 15) is 0 Å². The number of hydrogen-bond donors (Lipinski definition) is 0. The van der Waals surface area contributed by atoms with Crippen LogP contribution in [0.15, 0.2) is 76.3 Å². The fraction of sp³-hybridized carbons (Fsp3) is 0.267. The molecule has 0 aliphatic heterocycles. The topological polar surface area (TPSA) is 116 Å². The zero-order valence-electron chi connectivity index (χ0n) is 23.8. The Bertz CT molecular complexity index is 1580. The van der Waals surface area contributed by atoms with Gasteiger partial charge >= 0.3 is 0 Å². The lowest BCUT2D eigenvalue weighted by atomic mass is 10.1. The fourth-order valence-corrected chi connectivity index (χ4v) is 5.11. The predicted molar refractivity (Wildman–Crippen MR) is 157 cm³/mol. The van der Waals surface area contributed by atoms with E-state index in [-0.39, 0.29) is 6.61 Å². The van der Waals surface area contributed by atoms with Gasteiger partial charge in [0.25, 0.3) is 0 Å². The van der Waals surface area contributed by atoms with E-state index < -0.39 is 0 Å². The summed E-state index contributed by atoms with van der Waals surface area (Å²) < 4.78 is 35.8. The standard InChI is InChI=1S/C30H31N5O6S/c1-36-15-14-35-26(18-40-23-13-9-8-12-22(23)20-10-6-5-7-11-20)31-34-30(35)42-19-27-32-33-29(41-27)21-16-24(37-2)28(39-4)25(17-21)38-3/h5-13,16-17H,14-15,18-19H2,1-4H3. The number of benzene rings is 3. The Balaban J connectivity index is 1.30. The van der Waals surface area contributed by atoms with Crippen molar-refractivity contribution in [2.45, 2.75) is 24.1 Å². The summed E-state index contributed by atoms with van der Waals surface area (Å²) in [6, 6.07) is 21.6. The molecule has 11 nitrogen and oxygen atoms in total. The summed E-state index contributed by atoms with van der Waals surface area (Å²) in [4.78, 5) is 0. The maximum atomic E-state index is 6.24. The normalized spacial score (nSPS) is 11.0. The maximum absolute atomic E-state index is 6.24. The molecule has 218 valence electrons. The van der Waals surface area contributed by atoms with Crippen LogP contribution in [0.1, 0.15) is 11.7 Å². The highest BCUT2D eigenvalue weighted by Gasteiger charge is 2.19. The van der Waals surface area contributed by atoms with E-state index in [2.05, 4.69) is 32.5 Å². The van der Waals surface area contributed by atoms with E-state index >= 15 is 0 Å². The molecule has 0 atom stereocenters. The summed E-state index contributed by atoms with van der Waals surface area (Å²) in [7, 11) is 6.32. The van der Waals surface area contributed by atoms with Crippen LogP contribution in [0, 0.1) is 0 Å². The first-order valence-electron chi connectivity index (χ1n) is 13.1. The Morgan fingerprint density at radius 3 is 2.21 bits per heavy atom. The quantitative estimate of drug-likeness (QED) is 0.152. The Kier molecular flexibility index (Phi) is 9.57. The van der Waals surface area contributed by atoms with E-state index in [4.69, 9.17) is 28.1 Å². The second-order valence-corrected chi connectivity index (χ2v) is 9.84. The molecule has 0 spiro atoms. The first-order chi connectivity index (χ1) is 20.6. The van der Waals surface area contributed by atoms with Gasteiger partial charge in [-0.05, 0) is 23.8 Å². The molecule has 2 aromatic heterocycles. The largest absolute Gasteiger partial charge is 0.493 e. The summed E-state index contributed by atoms with van der Waals surface area (Å²) >= 11 is 1.44. The molecule has 0 aliphatic rings. The summed E-state index contributed by atoms with van der Waals surface area (Å²) in [5, 5.41) is 17.9. The van der Waals surface area contributed by atoms with Gasteiger partial charge in [-0.2, -0.15) is 0 Å². The fourth-order valence-electron chi connectivity index (χ4n) is 4.29. The van der Waals surface area contributed by atoms with Crippen molar-refractivity contribution in [2.75, 3.05) is 35.0 Å². The van der Waals surface area contributed by atoms with Crippen molar-refractivity contribution in [2.24, 2.45) is 0 Å². The summed E-state index contributed by atoms with van der Waals surface area (Å²) in [5.74, 6) is 4.07. The van der Waals surface area contributed by atoms with Crippen LogP contribution in [0.25, 0.3) is 22.6 Å². The minimum atomic E-state index is 0.243. The molecule has 3 aromatic carbocycles. The molecule has 5 rings (SSSR count). The third-order valence-electron chi connectivity index (χ3n) is 6.34. The number of rotatable bonds is 14. The zero-order valence-corrected chi connectivity index (χ0v) is 24.6. The highest BCUT2D eigenvalue weighted by Crippen LogP contribution is 2.41. The molecule has 5 aromatic rings. The number of nitrogens with zero attached hydrogens (tertiary/aromatic N) is 5. The molecule has 2 heterocycles. The van der Waals surface area contributed by atoms with Crippen LogP contribution in [-0.4, -0.2) is 60.0 Å². The Morgan fingerprint density at radius 1 is 0.762 bits per heavy atom. The maximum Gasteiger partial charge on any atom is 0.248 e. The van der Waals surface area contributed by atoms with Gasteiger partial charge < -0.3 is 32.7 Å². The molecule has 0 unspecified atom stereocenters. The molecule has 0 saturated carbocycles. The molecule has 0 bridgehead atoms. The minimum Gasteiger partial charge on any atom is -0.493 e. The zero-order chi connectivity index (χ0) is 29.3. The van der Waals surface area contributed by atoms with Gasteiger partial charge in [0, 0.05) is 24.8 Å². The van der Waals surface area contributed by atoms with Crippen LogP contribution in [0.3, 0.4) is 0 Å². The lowest BCUT2D eigenvalue weighted by molar-refractivity contribution is 0.181. The molecule has 0 aliphatic carbocycles. The van der Waals surface area contributed by atoms with E-state index in [0.717, 1.165) is 16.9 Å². The van der Waals surface area contributed by atoms with Gasteiger partial charge in [-0.3, -0.25) is 0 Å². The molecule has 0 saturated heterocycles. The first-order valence-corrected chi connectivity index (χ1v) is 14.1. The Morgan fingerprint density at radius 2 is 1.50 bits per heavy atom. The van der Waals surface area contributed by atoms with Crippen LogP contribution in [0.5, 0.6) is 23.0 Å². The minimum absolute atomic E-state index is 0.243. The van der Waals surface area contributed by atoms with Crippen LogP contribution in [0.4, 0.5) is 0 Å². The number of methoxy groups -OCH3 is 4. The number of aromatic nitrogens is 5. The van der Waals surface area contributed by atoms with E-state index in [1.165, 1.54) is 11.8 Å². The number of thioether (sulfide) groups is 1. The van der Waals surface area contributed by atoms with Crippen LogP contribution >= 0.6 is 11.8 Å². The highest BCUT2D eigenvalue weighted by molar-refractivity contribution is 7.98. The molecule has 0 amide bonds. The van der Waals surface area contributed by atoms with Gasteiger partial charge in [0.15, 0.2) is 22.5 Å². The summed E-state index contributed by atoms with van der Waals surface area (Å²) in [6.45, 7) is 1.30. The Hall–Kier alpha value is -4.55. The first kappa shape index (κ1) is 29.0. The van der Waals surface area contributed by atoms with Gasteiger partial charge in [0.1, 0.15) is 12.4 Å². The molecule has 0 N–H and O–H groups in total. The number of ether oxygens (including phenoxy) is 5. The second-order valence-electron chi connectivity index (χ2n) is 8.90.